The molecule has 0 atom stereocenters. The van der Waals surface area contributed by atoms with Crippen molar-refractivity contribution in [2.75, 3.05) is 11.9 Å². The molecule has 0 spiro atoms. The average Bonchev–Trinajstić information content (AvgIpc) is 2.49. The Hall–Kier alpha value is -2.50. The zero-order valence-electron chi connectivity index (χ0n) is 12.6. The van der Waals surface area contributed by atoms with Crippen LogP contribution in [0.15, 0.2) is 36.7 Å². The van der Waals surface area contributed by atoms with E-state index in [2.05, 4.69) is 20.6 Å². The van der Waals surface area contributed by atoms with Gasteiger partial charge in [-0.1, -0.05) is 12.1 Å². The minimum Gasteiger partial charge on any atom is -0.367 e. The molecule has 0 saturated heterocycles. The smallest absolute Gasteiger partial charge is 0.271 e. The Balaban J connectivity index is 1.83. The number of halogens is 1. The van der Waals surface area contributed by atoms with Gasteiger partial charge < -0.3 is 10.6 Å². The van der Waals surface area contributed by atoms with E-state index in [0.29, 0.717) is 18.8 Å². The fourth-order valence-electron chi connectivity index (χ4n) is 1.88. The van der Waals surface area contributed by atoms with Crippen molar-refractivity contribution in [2.24, 2.45) is 0 Å². The van der Waals surface area contributed by atoms with Gasteiger partial charge in [0, 0.05) is 12.6 Å². The Bertz CT molecular complexity index is 611. The highest BCUT2D eigenvalue weighted by Gasteiger charge is 2.07. The van der Waals surface area contributed by atoms with E-state index in [9.17, 15) is 9.18 Å². The number of rotatable bonds is 6. The second-order valence-corrected chi connectivity index (χ2v) is 5.22. The highest BCUT2D eigenvalue weighted by molar-refractivity contribution is 5.91. The number of hydrogen-bond donors (Lipinski definition) is 2. The lowest BCUT2D eigenvalue weighted by atomic mass is 10.1. The van der Waals surface area contributed by atoms with E-state index in [1.165, 1.54) is 24.5 Å². The minimum atomic E-state index is -0.272. The summed E-state index contributed by atoms with van der Waals surface area (Å²) in [7, 11) is 0. The molecule has 1 amide bonds. The van der Waals surface area contributed by atoms with Gasteiger partial charge in [0.2, 0.25) is 0 Å². The third-order valence-electron chi connectivity index (χ3n) is 2.93. The molecule has 0 saturated carbocycles. The molecule has 1 aromatic heterocycles. The predicted octanol–water partition coefficient (Wildman–Crippen LogP) is 2.41. The second-order valence-electron chi connectivity index (χ2n) is 5.22. The van der Waals surface area contributed by atoms with Crippen LogP contribution in [0.4, 0.5) is 10.2 Å². The lowest BCUT2D eigenvalue weighted by Gasteiger charge is -2.09. The van der Waals surface area contributed by atoms with Gasteiger partial charge in [-0.05, 0) is 38.0 Å². The molecule has 6 heteroatoms. The zero-order chi connectivity index (χ0) is 15.9. The van der Waals surface area contributed by atoms with Gasteiger partial charge in [-0.3, -0.25) is 4.79 Å². The standard InChI is InChI=1S/C16H19FN4O/c1-11(2)21-15-10-19-14(9-20-15)16(22)18-8-7-12-3-5-13(17)6-4-12/h3-6,9-11H,7-8H2,1-2H3,(H,18,22)(H,20,21). The van der Waals surface area contributed by atoms with Crippen LogP contribution in [0.2, 0.25) is 0 Å². The van der Waals surface area contributed by atoms with E-state index in [1.54, 1.807) is 12.1 Å². The van der Waals surface area contributed by atoms with Crippen LogP contribution in [-0.2, 0) is 6.42 Å². The Morgan fingerprint density at radius 3 is 2.50 bits per heavy atom. The molecule has 2 rings (SSSR count). The third kappa shape index (κ3) is 4.80. The summed E-state index contributed by atoms with van der Waals surface area (Å²) in [5, 5.41) is 5.87. The van der Waals surface area contributed by atoms with Crippen molar-refractivity contribution in [1.82, 2.24) is 15.3 Å². The first kappa shape index (κ1) is 15.9. The van der Waals surface area contributed by atoms with Gasteiger partial charge in [0.15, 0.2) is 0 Å². The number of nitrogens with one attached hydrogen (secondary N) is 2. The first-order valence-electron chi connectivity index (χ1n) is 7.16. The summed E-state index contributed by atoms with van der Waals surface area (Å²) in [5.74, 6) is 0.0988. The maximum Gasteiger partial charge on any atom is 0.271 e. The van der Waals surface area contributed by atoms with Gasteiger partial charge in [0.1, 0.15) is 17.3 Å². The highest BCUT2D eigenvalue weighted by Crippen LogP contribution is 2.04. The fraction of sp³-hybridized carbons (Fsp3) is 0.312. The maximum absolute atomic E-state index is 12.8. The molecule has 0 aliphatic carbocycles. The summed E-state index contributed by atoms with van der Waals surface area (Å²) < 4.78 is 12.8. The van der Waals surface area contributed by atoms with Crippen LogP contribution < -0.4 is 10.6 Å². The van der Waals surface area contributed by atoms with Crippen molar-refractivity contribution in [2.45, 2.75) is 26.3 Å². The van der Waals surface area contributed by atoms with Crippen molar-refractivity contribution in [3.8, 4) is 0 Å². The van der Waals surface area contributed by atoms with Crippen molar-refractivity contribution >= 4 is 11.7 Å². The summed E-state index contributed by atoms with van der Waals surface area (Å²) in [6, 6.07) is 6.47. The van der Waals surface area contributed by atoms with Crippen LogP contribution in [-0.4, -0.2) is 28.5 Å². The molecule has 0 bridgehead atoms. The first-order valence-corrected chi connectivity index (χ1v) is 7.16. The Morgan fingerprint density at radius 1 is 1.18 bits per heavy atom. The molecule has 0 aliphatic rings. The summed E-state index contributed by atoms with van der Waals surface area (Å²) in [6.45, 7) is 4.45. The van der Waals surface area contributed by atoms with Crippen LogP contribution >= 0.6 is 0 Å². The molecule has 2 N–H and O–H groups in total. The summed E-state index contributed by atoms with van der Waals surface area (Å²) in [4.78, 5) is 20.2. The van der Waals surface area contributed by atoms with Crippen molar-refractivity contribution in [1.29, 1.82) is 0 Å². The molecule has 1 aromatic carbocycles. The van der Waals surface area contributed by atoms with Gasteiger partial charge >= 0.3 is 0 Å². The molecule has 0 aliphatic heterocycles. The molecular weight excluding hydrogens is 283 g/mol. The number of carbonyl (C=O) groups is 1. The van der Waals surface area contributed by atoms with Gasteiger partial charge in [0.05, 0.1) is 12.4 Å². The SMILES string of the molecule is CC(C)Nc1cnc(C(=O)NCCc2ccc(F)cc2)cn1. The highest BCUT2D eigenvalue weighted by atomic mass is 19.1. The summed E-state index contributed by atoms with van der Waals surface area (Å²) in [5.41, 5.74) is 1.23. The minimum absolute atomic E-state index is 0.254. The number of benzene rings is 1. The average molecular weight is 302 g/mol. The number of amides is 1. The largest absolute Gasteiger partial charge is 0.367 e. The fourth-order valence-corrected chi connectivity index (χ4v) is 1.88. The topological polar surface area (TPSA) is 66.9 Å². The summed E-state index contributed by atoms with van der Waals surface area (Å²) in [6.07, 6.45) is 3.61. The molecule has 22 heavy (non-hydrogen) atoms. The number of carbonyl (C=O) groups excluding carboxylic acids is 1. The van der Waals surface area contributed by atoms with E-state index in [0.717, 1.165) is 5.56 Å². The molecule has 0 fully saturated rings. The van der Waals surface area contributed by atoms with E-state index in [4.69, 9.17) is 0 Å². The normalized spacial score (nSPS) is 10.5. The number of aromatic nitrogens is 2. The Kier molecular flexibility index (Phi) is 5.41. The maximum atomic E-state index is 12.8. The lowest BCUT2D eigenvalue weighted by molar-refractivity contribution is 0.0949. The van der Waals surface area contributed by atoms with Gasteiger partial charge in [-0.2, -0.15) is 0 Å². The Labute approximate surface area is 129 Å². The van der Waals surface area contributed by atoms with Crippen molar-refractivity contribution in [3.63, 3.8) is 0 Å². The van der Waals surface area contributed by atoms with Gasteiger partial charge in [-0.25, -0.2) is 14.4 Å². The number of hydrogen-bond acceptors (Lipinski definition) is 4. The number of nitrogens with zero attached hydrogens (tertiary/aromatic N) is 2. The van der Waals surface area contributed by atoms with Crippen LogP contribution in [0, 0.1) is 5.82 Å². The van der Waals surface area contributed by atoms with E-state index < -0.39 is 0 Å². The second kappa shape index (κ2) is 7.49. The van der Waals surface area contributed by atoms with Crippen molar-refractivity contribution in [3.05, 3.63) is 53.7 Å². The van der Waals surface area contributed by atoms with Crippen LogP contribution in [0.1, 0.15) is 29.9 Å². The molecule has 2 aromatic rings. The zero-order valence-corrected chi connectivity index (χ0v) is 12.6. The third-order valence-corrected chi connectivity index (χ3v) is 2.93. The van der Waals surface area contributed by atoms with E-state index in [1.807, 2.05) is 13.8 Å². The lowest BCUT2D eigenvalue weighted by Crippen LogP contribution is -2.26. The monoisotopic (exact) mass is 302 g/mol. The van der Waals surface area contributed by atoms with E-state index in [-0.39, 0.29) is 23.5 Å². The summed E-state index contributed by atoms with van der Waals surface area (Å²) >= 11 is 0. The number of anilines is 1. The molecule has 5 nitrogen and oxygen atoms in total. The molecular formula is C16H19FN4O. The molecule has 1 heterocycles. The van der Waals surface area contributed by atoms with E-state index >= 15 is 0 Å². The van der Waals surface area contributed by atoms with Crippen LogP contribution in [0.3, 0.4) is 0 Å². The molecule has 0 radical (unpaired) electrons. The van der Waals surface area contributed by atoms with Gasteiger partial charge in [-0.15, -0.1) is 0 Å². The van der Waals surface area contributed by atoms with Crippen molar-refractivity contribution < 1.29 is 9.18 Å². The Morgan fingerprint density at radius 2 is 1.91 bits per heavy atom. The quantitative estimate of drug-likeness (QED) is 0.860. The van der Waals surface area contributed by atoms with Gasteiger partial charge in [0.25, 0.3) is 5.91 Å². The molecule has 116 valence electrons. The molecule has 0 unspecified atom stereocenters. The first-order chi connectivity index (χ1) is 10.5. The van der Waals surface area contributed by atoms with Crippen LogP contribution in [0.25, 0.3) is 0 Å². The predicted molar refractivity (Wildman–Crippen MR) is 83.2 cm³/mol. The van der Waals surface area contributed by atoms with Crippen LogP contribution in [0.5, 0.6) is 0 Å².